The van der Waals surface area contributed by atoms with Crippen molar-refractivity contribution in [3.8, 4) is 0 Å². The molecule has 0 aromatic carbocycles. The Hall–Kier alpha value is -2.45. The monoisotopic (exact) mass is 357 g/mol. The number of nitrogens with one attached hydrogen (secondary N) is 3. The minimum Gasteiger partial charge on any atom is -0.396 e. The van der Waals surface area contributed by atoms with Gasteiger partial charge in [-0.15, -0.1) is 0 Å². The lowest BCUT2D eigenvalue weighted by Gasteiger charge is -2.24. The highest BCUT2D eigenvalue weighted by atomic mass is 16.2. The summed E-state index contributed by atoms with van der Waals surface area (Å²) in [5, 5.41) is 19.3. The van der Waals surface area contributed by atoms with E-state index in [4.69, 9.17) is 10.8 Å². The fraction of sp³-hybridized carbons (Fsp3) is 0.500. The van der Waals surface area contributed by atoms with Crippen LogP contribution in [0.5, 0.6) is 0 Å². The van der Waals surface area contributed by atoms with Crippen molar-refractivity contribution in [1.82, 2.24) is 20.3 Å². The average Bonchev–Trinajstić information content (AvgIpc) is 2.68. The van der Waals surface area contributed by atoms with Gasteiger partial charge in [-0.1, -0.05) is 0 Å². The van der Waals surface area contributed by atoms with Crippen LogP contribution < -0.4 is 21.7 Å². The van der Waals surface area contributed by atoms with Gasteiger partial charge in [0, 0.05) is 31.1 Å². The zero-order valence-corrected chi connectivity index (χ0v) is 14.9. The Morgan fingerprint density at radius 3 is 2.65 bits per heavy atom. The number of anilines is 4. The Balaban J connectivity index is 1.70. The van der Waals surface area contributed by atoms with Gasteiger partial charge >= 0.3 is 0 Å². The first-order valence-electron chi connectivity index (χ1n) is 9.13. The van der Waals surface area contributed by atoms with Crippen LogP contribution in [0.3, 0.4) is 0 Å². The maximum atomic E-state index is 9.14. The molecule has 26 heavy (non-hydrogen) atoms. The first-order chi connectivity index (χ1) is 12.7. The number of nitrogens with zero attached hydrogens (tertiary/aromatic N) is 3. The summed E-state index contributed by atoms with van der Waals surface area (Å²) in [6.07, 6.45) is 8.84. The van der Waals surface area contributed by atoms with E-state index in [1.165, 1.54) is 19.0 Å². The van der Waals surface area contributed by atoms with Gasteiger partial charge in [-0.05, 0) is 50.3 Å². The highest BCUT2D eigenvalue weighted by Gasteiger charge is 2.14. The number of hydrogen-bond acceptors (Lipinski definition) is 8. The lowest BCUT2D eigenvalue weighted by molar-refractivity contribution is 0.288. The summed E-state index contributed by atoms with van der Waals surface area (Å²) in [5.41, 5.74) is 7.74. The number of nitrogens with two attached hydrogens (primary N) is 1. The van der Waals surface area contributed by atoms with Crippen molar-refractivity contribution in [3.05, 3.63) is 30.2 Å². The number of aryl methyl sites for hydroxylation is 1. The van der Waals surface area contributed by atoms with Gasteiger partial charge in [-0.2, -0.15) is 0 Å². The summed E-state index contributed by atoms with van der Waals surface area (Å²) in [7, 11) is 0. The third-order valence-corrected chi connectivity index (χ3v) is 4.56. The molecule has 0 radical (unpaired) electrons. The summed E-state index contributed by atoms with van der Waals surface area (Å²) in [6, 6.07) is 1.99. The van der Waals surface area contributed by atoms with Crippen LogP contribution >= 0.6 is 0 Å². The van der Waals surface area contributed by atoms with Gasteiger partial charge in [0.2, 0.25) is 0 Å². The first-order valence-corrected chi connectivity index (χ1v) is 9.13. The highest BCUT2D eigenvalue weighted by molar-refractivity contribution is 5.61. The topological polar surface area (TPSA) is 121 Å². The number of hydrogen-bond donors (Lipinski definition) is 5. The molecule has 0 saturated carbocycles. The van der Waals surface area contributed by atoms with Crippen molar-refractivity contribution in [2.24, 2.45) is 5.92 Å². The molecular formula is C18H27N7O. The number of aliphatic hydroxyl groups excluding tert-OH is 1. The second kappa shape index (κ2) is 9.30. The minimum absolute atomic E-state index is 0.175. The van der Waals surface area contributed by atoms with Gasteiger partial charge in [0.1, 0.15) is 17.5 Å². The SMILES string of the molecule is Nc1cnc(Nc2cc(NCC3CCNCC3)c(CCCO)cn2)cn1. The molecule has 1 fully saturated rings. The molecule has 0 aliphatic carbocycles. The molecule has 1 aliphatic heterocycles. The number of pyridine rings is 1. The lowest BCUT2D eigenvalue weighted by atomic mass is 9.98. The molecule has 3 heterocycles. The van der Waals surface area contributed by atoms with Crippen LogP contribution in [0.25, 0.3) is 0 Å². The molecular weight excluding hydrogens is 330 g/mol. The zero-order chi connectivity index (χ0) is 18.2. The predicted molar refractivity (Wildman–Crippen MR) is 103 cm³/mol. The largest absolute Gasteiger partial charge is 0.396 e. The molecule has 8 nitrogen and oxygen atoms in total. The van der Waals surface area contributed by atoms with E-state index in [0.29, 0.717) is 23.4 Å². The number of nitrogen functional groups attached to an aromatic ring is 1. The van der Waals surface area contributed by atoms with Gasteiger partial charge < -0.3 is 26.8 Å². The van der Waals surface area contributed by atoms with E-state index in [0.717, 1.165) is 43.7 Å². The molecule has 0 amide bonds. The van der Waals surface area contributed by atoms with E-state index < -0.39 is 0 Å². The Morgan fingerprint density at radius 1 is 1.12 bits per heavy atom. The summed E-state index contributed by atoms with van der Waals surface area (Å²) >= 11 is 0. The molecule has 0 spiro atoms. The van der Waals surface area contributed by atoms with Gasteiger partial charge in [0.15, 0.2) is 0 Å². The van der Waals surface area contributed by atoms with E-state index in [1.807, 2.05) is 12.3 Å². The first kappa shape index (κ1) is 18.3. The molecule has 1 aliphatic rings. The second-order valence-corrected chi connectivity index (χ2v) is 6.58. The quantitative estimate of drug-likeness (QED) is 0.482. The molecule has 140 valence electrons. The normalized spacial score (nSPS) is 15.0. The van der Waals surface area contributed by atoms with Crippen LogP contribution in [-0.4, -0.2) is 46.3 Å². The Morgan fingerprint density at radius 2 is 1.92 bits per heavy atom. The minimum atomic E-state index is 0.175. The third kappa shape index (κ3) is 5.27. The van der Waals surface area contributed by atoms with Crippen LogP contribution in [0.15, 0.2) is 24.7 Å². The Bertz CT molecular complexity index is 686. The van der Waals surface area contributed by atoms with Crippen molar-refractivity contribution >= 4 is 23.1 Å². The molecule has 0 unspecified atom stereocenters. The number of aliphatic hydroxyl groups is 1. The van der Waals surface area contributed by atoms with Crippen LogP contribution in [0.2, 0.25) is 0 Å². The van der Waals surface area contributed by atoms with Gasteiger partial charge in [-0.3, -0.25) is 0 Å². The predicted octanol–water partition coefficient (Wildman–Crippen LogP) is 1.53. The van der Waals surface area contributed by atoms with Crippen LogP contribution in [0.1, 0.15) is 24.8 Å². The van der Waals surface area contributed by atoms with Crippen LogP contribution in [-0.2, 0) is 6.42 Å². The van der Waals surface area contributed by atoms with Crippen molar-refractivity contribution in [2.75, 3.05) is 42.6 Å². The summed E-state index contributed by atoms with van der Waals surface area (Å²) in [6.45, 7) is 3.29. The number of piperidine rings is 1. The standard InChI is InChI=1S/C18H27N7O/c19-16-11-24-18(12-22-16)25-17-8-15(14(10-23-17)2-1-7-26)21-9-13-3-5-20-6-4-13/h8,10-13,20,26H,1-7,9H2,(H2,19,22)(H2,21,23,24,25). The number of aromatic nitrogens is 3. The van der Waals surface area contributed by atoms with E-state index in [2.05, 4.69) is 30.9 Å². The molecule has 8 heteroatoms. The second-order valence-electron chi connectivity index (χ2n) is 6.58. The summed E-state index contributed by atoms with van der Waals surface area (Å²) in [5.74, 6) is 2.35. The van der Waals surface area contributed by atoms with Gasteiger partial charge in [0.25, 0.3) is 0 Å². The van der Waals surface area contributed by atoms with E-state index in [9.17, 15) is 0 Å². The molecule has 3 rings (SSSR count). The zero-order valence-electron chi connectivity index (χ0n) is 14.9. The molecule has 2 aromatic rings. The molecule has 1 saturated heterocycles. The van der Waals surface area contributed by atoms with Crippen molar-refractivity contribution in [2.45, 2.75) is 25.7 Å². The lowest BCUT2D eigenvalue weighted by Crippen LogP contribution is -2.31. The van der Waals surface area contributed by atoms with Gasteiger partial charge in [0.05, 0.1) is 12.4 Å². The summed E-state index contributed by atoms with van der Waals surface area (Å²) in [4.78, 5) is 12.7. The fourth-order valence-corrected chi connectivity index (χ4v) is 3.06. The molecule has 0 bridgehead atoms. The molecule has 6 N–H and O–H groups in total. The van der Waals surface area contributed by atoms with Crippen molar-refractivity contribution in [3.63, 3.8) is 0 Å². The van der Waals surface area contributed by atoms with Crippen molar-refractivity contribution in [1.29, 1.82) is 0 Å². The fourth-order valence-electron chi connectivity index (χ4n) is 3.06. The maximum Gasteiger partial charge on any atom is 0.150 e. The Labute approximate surface area is 153 Å². The average molecular weight is 357 g/mol. The third-order valence-electron chi connectivity index (χ3n) is 4.56. The number of rotatable bonds is 8. The smallest absolute Gasteiger partial charge is 0.150 e. The molecule has 2 aromatic heterocycles. The summed E-state index contributed by atoms with van der Waals surface area (Å²) < 4.78 is 0. The Kier molecular flexibility index (Phi) is 6.56. The van der Waals surface area contributed by atoms with Crippen molar-refractivity contribution < 1.29 is 5.11 Å². The van der Waals surface area contributed by atoms with Gasteiger partial charge in [-0.25, -0.2) is 15.0 Å². The molecule has 0 atom stereocenters. The van der Waals surface area contributed by atoms with E-state index in [-0.39, 0.29) is 6.61 Å². The van der Waals surface area contributed by atoms with E-state index in [1.54, 1.807) is 6.20 Å². The maximum absolute atomic E-state index is 9.14. The highest BCUT2D eigenvalue weighted by Crippen LogP contribution is 2.23. The van der Waals surface area contributed by atoms with Crippen LogP contribution in [0, 0.1) is 5.92 Å². The van der Waals surface area contributed by atoms with E-state index >= 15 is 0 Å². The van der Waals surface area contributed by atoms with Crippen LogP contribution in [0.4, 0.5) is 23.1 Å².